The van der Waals surface area contributed by atoms with Gasteiger partial charge in [0.15, 0.2) is 0 Å². The lowest BCUT2D eigenvalue weighted by Crippen LogP contribution is -2.13. The first kappa shape index (κ1) is 14.4. The van der Waals surface area contributed by atoms with Crippen molar-refractivity contribution >= 4 is 23.4 Å². The van der Waals surface area contributed by atoms with Crippen LogP contribution < -0.4 is 5.73 Å². The van der Waals surface area contributed by atoms with Crippen LogP contribution in [0.15, 0.2) is 48.5 Å². The first-order valence-corrected chi connectivity index (χ1v) is 7.52. The van der Waals surface area contributed by atoms with E-state index in [0.717, 1.165) is 27.7 Å². The minimum Gasteiger partial charge on any atom is -0.323 e. The molecule has 19 heavy (non-hydrogen) atoms. The van der Waals surface area contributed by atoms with Crippen molar-refractivity contribution in [1.29, 1.82) is 0 Å². The van der Waals surface area contributed by atoms with Gasteiger partial charge in [0, 0.05) is 22.6 Å². The highest BCUT2D eigenvalue weighted by Gasteiger charge is 2.07. The highest BCUT2D eigenvalue weighted by molar-refractivity contribution is 7.98. The summed E-state index contributed by atoms with van der Waals surface area (Å²) in [6.45, 7) is 0. The molecule has 0 aliphatic carbocycles. The number of rotatable bonds is 5. The Bertz CT molecular complexity index is 530. The first-order chi connectivity index (χ1) is 9.16. The summed E-state index contributed by atoms with van der Waals surface area (Å²) in [5, 5.41) is 0.783. The third-order valence-electron chi connectivity index (χ3n) is 2.81. The third kappa shape index (κ3) is 4.23. The van der Waals surface area contributed by atoms with Gasteiger partial charge in [-0.25, -0.2) is 4.39 Å². The minimum absolute atomic E-state index is 0.0897. The summed E-state index contributed by atoms with van der Waals surface area (Å²) in [6.07, 6.45) is 0. The molecule has 0 saturated heterocycles. The van der Waals surface area contributed by atoms with E-state index in [-0.39, 0.29) is 11.9 Å². The molecule has 0 heterocycles. The molecule has 0 aromatic heterocycles. The van der Waals surface area contributed by atoms with Gasteiger partial charge < -0.3 is 5.73 Å². The van der Waals surface area contributed by atoms with Crippen molar-refractivity contribution in [2.45, 2.75) is 11.8 Å². The van der Waals surface area contributed by atoms with Crippen molar-refractivity contribution in [3.05, 3.63) is 70.5 Å². The largest absolute Gasteiger partial charge is 0.323 e. The molecule has 0 aliphatic rings. The van der Waals surface area contributed by atoms with Gasteiger partial charge in [0.1, 0.15) is 5.82 Å². The van der Waals surface area contributed by atoms with Crippen LogP contribution in [0.25, 0.3) is 0 Å². The average Bonchev–Trinajstić information content (AvgIpc) is 2.41. The van der Waals surface area contributed by atoms with Gasteiger partial charge in [0.05, 0.1) is 0 Å². The van der Waals surface area contributed by atoms with Crippen LogP contribution in [-0.4, -0.2) is 5.75 Å². The third-order valence-corrected chi connectivity index (χ3v) is 4.29. The van der Waals surface area contributed by atoms with Gasteiger partial charge in [-0.1, -0.05) is 41.9 Å². The Labute approximate surface area is 122 Å². The lowest BCUT2D eigenvalue weighted by atomic mass is 10.1. The second-order valence-corrected chi connectivity index (χ2v) is 5.70. The van der Waals surface area contributed by atoms with E-state index in [9.17, 15) is 4.39 Å². The highest BCUT2D eigenvalue weighted by atomic mass is 35.5. The molecule has 2 N–H and O–H groups in total. The standard InChI is InChI=1S/C15H15ClFNS/c16-14-4-2-1-3-12(14)9-19-10-15(18)11-5-7-13(17)8-6-11/h1-8,15H,9-10,18H2. The van der Waals surface area contributed by atoms with E-state index in [1.807, 2.05) is 24.3 Å². The number of halogens is 2. The number of hydrogen-bond donors (Lipinski definition) is 1. The Balaban J connectivity index is 1.86. The van der Waals surface area contributed by atoms with Gasteiger partial charge in [-0.3, -0.25) is 0 Å². The van der Waals surface area contributed by atoms with Crippen LogP contribution in [-0.2, 0) is 5.75 Å². The number of benzene rings is 2. The Morgan fingerprint density at radius 2 is 1.79 bits per heavy atom. The highest BCUT2D eigenvalue weighted by Crippen LogP contribution is 2.23. The zero-order valence-corrected chi connectivity index (χ0v) is 11.9. The second kappa shape index (κ2) is 6.94. The fourth-order valence-electron chi connectivity index (χ4n) is 1.72. The summed E-state index contributed by atoms with van der Waals surface area (Å²) in [5.41, 5.74) is 8.13. The van der Waals surface area contributed by atoms with Crippen LogP contribution in [0.1, 0.15) is 17.2 Å². The zero-order valence-electron chi connectivity index (χ0n) is 10.4. The maximum Gasteiger partial charge on any atom is 0.123 e. The normalized spacial score (nSPS) is 12.4. The average molecular weight is 296 g/mol. The number of thioether (sulfide) groups is 1. The molecule has 4 heteroatoms. The van der Waals surface area contributed by atoms with Crippen LogP contribution in [0.3, 0.4) is 0 Å². The van der Waals surface area contributed by atoms with E-state index in [0.29, 0.717) is 0 Å². The lowest BCUT2D eigenvalue weighted by Gasteiger charge is -2.12. The van der Waals surface area contributed by atoms with Crippen LogP contribution >= 0.6 is 23.4 Å². The zero-order chi connectivity index (χ0) is 13.7. The van der Waals surface area contributed by atoms with Crippen molar-refractivity contribution in [2.75, 3.05) is 5.75 Å². The quantitative estimate of drug-likeness (QED) is 0.884. The Morgan fingerprint density at radius 3 is 2.47 bits per heavy atom. The maximum atomic E-state index is 12.8. The molecule has 0 saturated carbocycles. The van der Waals surface area contributed by atoms with E-state index >= 15 is 0 Å². The van der Waals surface area contributed by atoms with E-state index in [2.05, 4.69) is 0 Å². The number of hydrogen-bond acceptors (Lipinski definition) is 2. The molecule has 1 atom stereocenters. The predicted octanol–water partition coefficient (Wildman–Crippen LogP) is 4.41. The molecule has 0 fully saturated rings. The van der Waals surface area contributed by atoms with Gasteiger partial charge in [0.2, 0.25) is 0 Å². The lowest BCUT2D eigenvalue weighted by molar-refractivity contribution is 0.626. The fourth-order valence-corrected chi connectivity index (χ4v) is 3.04. The molecule has 1 unspecified atom stereocenters. The van der Waals surface area contributed by atoms with Crippen molar-refractivity contribution < 1.29 is 4.39 Å². The Kier molecular flexibility index (Phi) is 5.25. The Morgan fingerprint density at radius 1 is 1.11 bits per heavy atom. The van der Waals surface area contributed by atoms with Crippen LogP contribution in [0.5, 0.6) is 0 Å². The molecule has 2 rings (SSSR count). The van der Waals surface area contributed by atoms with Crippen LogP contribution in [0, 0.1) is 5.82 Å². The van der Waals surface area contributed by atoms with E-state index < -0.39 is 0 Å². The summed E-state index contributed by atoms with van der Waals surface area (Å²) in [5.74, 6) is 1.37. The fraction of sp³-hybridized carbons (Fsp3) is 0.200. The van der Waals surface area contributed by atoms with Crippen molar-refractivity contribution in [3.8, 4) is 0 Å². The summed E-state index contributed by atoms with van der Waals surface area (Å²) in [4.78, 5) is 0. The first-order valence-electron chi connectivity index (χ1n) is 5.99. The molecular weight excluding hydrogens is 281 g/mol. The minimum atomic E-state index is -0.236. The smallest absolute Gasteiger partial charge is 0.123 e. The molecule has 1 nitrogen and oxygen atoms in total. The molecular formula is C15H15ClFNS. The van der Waals surface area contributed by atoms with Gasteiger partial charge in [-0.2, -0.15) is 11.8 Å². The molecule has 0 spiro atoms. The molecule has 0 aliphatic heterocycles. The summed E-state index contributed by atoms with van der Waals surface area (Å²) < 4.78 is 12.8. The van der Waals surface area contributed by atoms with E-state index in [4.69, 9.17) is 17.3 Å². The molecule has 100 valence electrons. The topological polar surface area (TPSA) is 26.0 Å². The predicted molar refractivity (Wildman–Crippen MR) is 80.9 cm³/mol. The van der Waals surface area contributed by atoms with Crippen molar-refractivity contribution in [3.63, 3.8) is 0 Å². The molecule has 0 radical (unpaired) electrons. The van der Waals surface area contributed by atoms with E-state index in [1.54, 1.807) is 23.9 Å². The van der Waals surface area contributed by atoms with Gasteiger partial charge in [-0.15, -0.1) is 0 Å². The SMILES string of the molecule is NC(CSCc1ccccc1Cl)c1ccc(F)cc1. The summed E-state index contributed by atoms with van der Waals surface area (Å²) in [7, 11) is 0. The van der Waals surface area contributed by atoms with Crippen LogP contribution in [0.4, 0.5) is 4.39 Å². The van der Waals surface area contributed by atoms with E-state index in [1.165, 1.54) is 12.1 Å². The van der Waals surface area contributed by atoms with Gasteiger partial charge >= 0.3 is 0 Å². The number of nitrogens with two attached hydrogens (primary N) is 1. The van der Waals surface area contributed by atoms with Crippen LogP contribution in [0.2, 0.25) is 5.02 Å². The molecule has 2 aromatic rings. The monoisotopic (exact) mass is 295 g/mol. The second-order valence-electron chi connectivity index (χ2n) is 4.26. The van der Waals surface area contributed by atoms with Crippen molar-refractivity contribution in [2.24, 2.45) is 5.73 Å². The maximum absolute atomic E-state index is 12.8. The molecule has 0 amide bonds. The summed E-state index contributed by atoms with van der Waals surface area (Å²) in [6, 6.07) is 14.0. The Hall–Kier alpha value is -1.03. The molecule has 2 aromatic carbocycles. The van der Waals surface area contributed by atoms with Gasteiger partial charge in [-0.05, 0) is 29.3 Å². The van der Waals surface area contributed by atoms with Gasteiger partial charge in [0.25, 0.3) is 0 Å². The molecule has 0 bridgehead atoms. The van der Waals surface area contributed by atoms with Crippen molar-refractivity contribution in [1.82, 2.24) is 0 Å². The summed E-state index contributed by atoms with van der Waals surface area (Å²) >= 11 is 7.81.